The van der Waals surface area contributed by atoms with Gasteiger partial charge in [-0.05, 0) is 70.4 Å². The molecule has 1 N–H and O–H groups in total. The van der Waals surface area contributed by atoms with Gasteiger partial charge in [0.15, 0.2) is 0 Å². The van der Waals surface area contributed by atoms with E-state index in [1.54, 1.807) is 46.1 Å². The molecule has 2 amide bonds. The Labute approximate surface area is 242 Å². The lowest BCUT2D eigenvalue weighted by Gasteiger charge is -2.28. The normalized spacial score (nSPS) is 12.9. The Bertz CT molecular complexity index is 1840. The number of nitrogens with zero attached hydrogens (tertiary/aromatic N) is 3. The summed E-state index contributed by atoms with van der Waals surface area (Å²) in [5, 5.41) is 4.25. The van der Waals surface area contributed by atoms with Crippen LogP contribution in [-0.4, -0.2) is 32.4 Å². The van der Waals surface area contributed by atoms with Gasteiger partial charge in [0.25, 0.3) is 11.8 Å². The highest BCUT2D eigenvalue weighted by atomic mass is 79.9. The highest BCUT2D eigenvalue weighted by molar-refractivity contribution is 9.10. The molecular weight excluding hydrogens is 596 g/mol. The van der Waals surface area contributed by atoms with Crippen LogP contribution in [0.2, 0.25) is 5.02 Å². The van der Waals surface area contributed by atoms with Crippen LogP contribution in [0.25, 0.3) is 16.7 Å². The third kappa shape index (κ3) is 4.65. The quantitative estimate of drug-likeness (QED) is 0.274. The Morgan fingerprint density at radius 3 is 2.62 bits per heavy atom. The largest absolute Gasteiger partial charge is 0.464 e. The van der Waals surface area contributed by atoms with Gasteiger partial charge in [-0.1, -0.05) is 41.9 Å². The first-order valence-corrected chi connectivity index (χ1v) is 13.9. The first-order chi connectivity index (χ1) is 19.3. The average Bonchev–Trinajstić information content (AvgIpc) is 3.49. The minimum Gasteiger partial charge on any atom is -0.464 e. The maximum atomic E-state index is 13.8. The van der Waals surface area contributed by atoms with Crippen molar-refractivity contribution in [3.63, 3.8) is 0 Å². The van der Waals surface area contributed by atoms with Crippen molar-refractivity contribution in [1.29, 1.82) is 0 Å². The number of nitrogens with one attached hydrogen (secondary N) is 1. The predicted octanol–water partition coefficient (Wildman–Crippen LogP) is 5.70. The molecule has 2 aromatic heterocycles. The maximum Gasteiger partial charge on any atom is 0.333 e. The lowest BCUT2D eigenvalue weighted by molar-refractivity contribution is 0.0706. The molecule has 40 heavy (non-hydrogen) atoms. The van der Waals surface area contributed by atoms with Crippen LogP contribution in [0.3, 0.4) is 0 Å². The summed E-state index contributed by atoms with van der Waals surface area (Å²) in [4.78, 5) is 42.6. The van der Waals surface area contributed by atoms with Crippen molar-refractivity contribution >= 4 is 50.3 Å². The Balaban J connectivity index is 1.43. The van der Waals surface area contributed by atoms with E-state index in [1.807, 2.05) is 43.3 Å². The zero-order chi connectivity index (χ0) is 28.0. The number of hydrogen-bond donors (Lipinski definition) is 1. The summed E-state index contributed by atoms with van der Waals surface area (Å²) >= 11 is 9.59. The van der Waals surface area contributed by atoms with Crippen LogP contribution in [0.4, 0.5) is 0 Å². The number of hydrogen-bond acceptors (Lipinski definition) is 4. The van der Waals surface area contributed by atoms with Crippen molar-refractivity contribution in [3.8, 4) is 5.69 Å². The summed E-state index contributed by atoms with van der Waals surface area (Å²) in [7, 11) is 0. The number of aromatic nitrogens is 2. The molecule has 0 aliphatic carbocycles. The van der Waals surface area contributed by atoms with Crippen molar-refractivity contribution in [2.24, 2.45) is 0 Å². The minimum atomic E-state index is -0.403. The fraction of sp³-hybridized carbons (Fsp3) is 0.167. The molecule has 0 saturated carbocycles. The molecule has 0 unspecified atom stereocenters. The van der Waals surface area contributed by atoms with Gasteiger partial charge >= 0.3 is 5.69 Å². The fourth-order valence-corrected chi connectivity index (χ4v) is 5.49. The van der Waals surface area contributed by atoms with Crippen LogP contribution in [0.15, 0.2) is 86.7 Å². The molecule has 3 aromatic carbocycles. The Morgan fingerprint density at radius 1 is 1.05 bits per heavy atom. The highest BCUT2D eigenvalue weighted by Crippen LogP contribution is 2.28. The molecule has 0 saturated heterocycles. The number of halogens is 2. The molecule has 5 aromatic rings. The van der Waals surface area contributed by atoms with Crippen LogP contribution < -0.4 is 11.0 Å². The maximum absolute atomic E-state index is 13.8. The van der Waals surface area contributed by atoms with Gasteiger partial charge in [-0.25, -0.2) is 4.79 Å². The van der Waals surface area contributed by atoms with E-state index < -0.39 is 5.91 Å². The van der Waals surface area contributed by atoms with Gasteiger partial charge in [0.2, 0.25) is 0 Å². The number of rotatable bonds is 5. The lowest BCUT2D eigenvalue weighted by atomic mass is 10.1. The van der Waals surface area contributed by atoms with Crippen LogP contribution in [0.5, 0.6) is 0 Å². The SMILES string of the molecule is Cc1coc2ccc(-n3c(C(=O)NCc4ccccc4)c4n(c3=O)CCN(C(=O)c3ccc(Br)c(Cl)c3)C4)cc12. The number of aryl methyl sites for hydroxylation is 1. The zero-order valence-electron chi connectivity index (χ0n) is 21.5. The zero-order valence-corrected chi connectivity index (χ0v) is 23.8. The smallest absolute Gasteiger partial charge is 0.333 e. The summed E-state index contributed by atoms with van der Waals surface area (Å²) in [6, 6.07) is 20.0. The fourth-order valence-electron chi connectivity index (χ4n) is 5.06. The van der Waals surface area contributed by atoms with Crippen molar-refractivity contribution in [1.82, 2.24) is 19.4 Å². The third-order valence-corrected chi connectivity index (χ3v) is 8.39. The Kier molecular flexibility index (Phi) is 6.85. The summed E-state index contributed by atoms with van der Waals surface area (Å²) in [5.74, 6) is -0.633. The van der Waals surface area contributed by atoms with E-state index in [2.05, 4.69) is 21.2 Å². The van der Waals surface area contributed by atoms with Gasteiger partial charge in [0.1, 0.15) is 11.3 Å². The van der Waals surface area contributed by atoms with Crippen LogP contribution in [0, 0.1) is 6.92 Å². The van der Waals surface area contributed by atoms with Crippen molar-refractivity contribution in [3.05, 3.63) is 121 Å². The number of carbonyl (C=O) groups is 2. The van der Waals surface area contributed by atoms with E-state index in [0.717, 1.165) is 16.5 Å². The lowest BCUT2D eigenvalue weighted by Crippen LogP contribution is -2.41. The molecule has 0 atom stereocenters. The van der Waals surface area contributed by atoms with Gasteiger partial charge in [0.05, 0.1) is 29.2 Å². The summed E-state index contributed by atoms with van der Waals surface area (Å²) in [6.45, 7) is 2.88. The van der Waals surface area contributed by atoms with Gasteiger partial charge in [-0.2, -0.15) is 0 Å². The first-order valence-electron chi connectivity index (χ1n) is 12.7. The average molecular weight is 620 g/mol. The second-order valence-electron chi connectivity index (χ2n) is 9.69. The molecule has 6 rings (SSSR count). The number of furan rings is 1. The highest BCUT2D eigenvalue weighted by Gasteiger charge is 2.32. The molecule has 202 valence electrons. The van der Waals surface area contributed by atoms with E-state index in [-0.39, 0.29) is 30.4 Å². The summed E-state index contributed by atoms with van der Waals surface area (Å²) < 4.78 is 9.30. The number of benzene rings is 3. The number of carbonyl (C=O) groups excluding carboxylic acids is 2. The second-order valence-corrected chi connectivity index (χ2v) is 10.9. The molecule has 0 bridgehead atoms. The topological polar surface area (TPSA) is 89.5 Å². The van der Waals surface area contributed by atoms with Crippen LogP contribution >= 0.6 is 27.5 Å². The predicted molar refractivity (Wildman–Crippen MR) is 156 cm³/mol. The van der Waals surface area contributed by atoms with Crippen molar-refractivity contribution in [2.45, 2.75) is 26.6 Å². The van der Waals surface area contributed by atoms with E-state index in [0.29, 0.717) is 45.1 Å². The molecule has 8 nitrogen and oxygen atoms in total. The van der Waals surface area contributed by atoms with E-state index in [1.165, 1.54) is 4.57 Å². The van der Waals surface area contributed by atoms with Gasteiger partial charge in [0, 0.05) is 35.1 Å². The molecule has 10 heteroatoms. The summed E-state index contributed by atoms with van der Waals surface area (Å²) in [5.41, 5.74) is 3.87. The van der Waals surface area contributed by atoms with Crippen molar-refractivity contribution < 1.29 is 14.0 Å². The molecule has 0 fully saturated rings. The van der Waals surface area contributed by atoms with Gasteiger partial charge < -0.3 is 14.6 Å². The third-order valence-electron chi connectivity index (χ3n) is 7.15. The summed E-state index contributed by atoms with van der Waals surface area (Å²) in [6.07, 6.45) is 1.66. The van der Waals surface area contributed by atoms with Crippen LogP contribution in [-0.2, 0) is 19.6 Å². The molecule has 1 aliphatic rings. The van der Waals surface area contributed by atoms with Crippen LogP contribution in [0.1, 0.15) is 37.7 Å². The number of imidazole rings is 1. The molecule has 0 radical (unpaired) electrons. The monoisotopic (exact) mass is 618 g/mol. The number of fused-ring (bicyclic) bond motifs is 2. The molecule has 1 aliphatic heterocycles. The Hall–Kier alpha value is -4.08. The second kappa shape index (κ2) is 10.5. The van der Waals surface area contributed by atoms with E-state index >= 15 is 0 Å². The van der Waals surface area contributed by atoms with Gasteiger partial charge in [-0.3, -0.25) is 18.7 Å². The standard InChI is InChI=1S/C30H24BrClN4O4/c1-18-17-40-26-10-8-21(14-22(18)26)36-27(28(37)33-15-19-5-3-2-4-6-19)25-16-34(11-12-35(25)30(36)39)29(38)20-7-9-23(31)24(32)13-20/h2-10,13-14,17H,11-12,15-16H2,1H3,(H,33,37). The molecular formula is C30H24BrClN4O4. The molecule has 3 heterocycles. The van der Waals surface area contributed by atoms with E-state index in [9.17, 15) is 14.4 Å². The first kappa shape index (κ1) is 26.2. The van der Waals surface area contributed by atoms with E-state index in [4.69, 9.17) is 16.0 Å². The van der Waals surface area contributed by atoms with Crippen molar-refractivity contribution in [2.75, 3.05) is 6.54 Å². The Morgan fingerprint density at radius 2 is 1.85 bits per heavy atom. The molecule has 0 spiro atoms. The minimum absolute atomic E-state index is 0.0931. The van der Waals surface area contributed by atoms with Gasteiger partial charge in [-0.15, -0.1) is 0 Å². The number of amides is 2.